The monoisotopic (exact) mass is 742 g/mol. The Morgan fingerprint density at radius 1 is 0.362 bits per heavy atom. The number of hydrogen-bond donors (Lipinski definition) is 0. The minimum atomic E-state index is -0.264. The highest BCUT2D eigenvalue weighted by atomic mass is 16.3. The predicted octanol–water partition coefficient (Wildman–Crippen LogP) is 15.7. The summed E-state index contributed by atoms with van der Waals surface area (Å²) < 4.78 is 7.08. The van der Waals surface area contributed by atoms with Crippen molar-refractivity contribution in [3.8, 4) is 11.1 Å². The lowest BCUT2D eigenvalue weighted by molar-refractivity contribution is 0.645. The van der Waals surface area contributed by atoms with Crippen molar-refractivity contribution in [3.05, 3.63) is 205 Å². The highest BCUT2D eigenvalue weighted by Crippen LogP contribution is 2.55. The second-order valence-corrected chi connectivity index (χ2v) is 16.1. The van der Waals surface area contributed by atoms with Gasteiger partial charge in [-0.2, -0.15) is 0 Å². The van der Waals surface area contributed by atoms with Crippen LogP contribution < -0.4 is 9.80 Å². The van der Waals surface area contributed by atoms with Gasteiger partial charge in [0.1, 0.15) is 11.2 Å². The van der Waals surface area contributed by atoms with Gasteiger partial charge in [0, 0.05) is 67.2 Å². The molecule has 1 heterocycles. The molecule has 1 aromatic heterocycles. The molecule has 3 nitrogen and oxygen atoms in total. The van der Waals surface area contributed by atoms with Crippen molar-refractivity contribution in [2.75, 3.05) is 9.80 Å². The van der Waals surface area contributed by atoms with E-state index in [1.807, 2.05) is 0 Å². The van der Waals surface area contributed by atoms with Gasteiger partial charge in [-0.05, 0) is 123 Å². The lowest BCUT2D eigenvalue weighted by Gasteiger charge is -2.37. The minimum Gasteiger partial charge on any atom is -0.455 e. The number of rotatable bonds is 6. The highest BCUT2D eigenvalue weighted by Gasteiger charge is 2.36. The van der Waals surface area contributed by atoms with Gasteiger partial charge in [0.2, 0.25) is 0 Å². The van der Waals surface area contributed by atoms with E-state index in [4.69, 9.17) is 4.42 Å². The van der Waals surface area contributed by atoms with Crippen LogP contribution in [0.2, 0.25) is 0 Å². The third-order valence-electron chi connectivity index (χ3n) is 12.5. The summed E-state index contributed by atoms with van der Waals surface area (Å²) >= 11 is 0. The van der Waals surface area contributed by atoms with Crippen LogP contribution in [0.25, 0.3) is 65.4 Å². The van der Waals surface area contributed by atoms with Crippen molar-refractivity contribution in [1.82, 2.24) is 0 Å². The molecular weight excluding hydrogens is 705 g/mol. The molecule has 11 aromatic rings. The average Bonchev–Trinajstić information content (AvgIpc) is 3.66. The molecule has 274 valence electrons. The first-order valence-corrected chi connectivity index (χ1v) is 20.1. The van der Waals surface area contributed by atoms with E-state index in [-0.39, 0.29) is 5.41 Å². The Morgan fingerprint density at radius 3 is 1.52 bits per heavy atom. The molecule has 0 saturated carbocycles. The van der Waals surface area contributed by atoms with E-state index in [9.17, 15) is 0 Å². The molecule has 1 aliphatic carbocycles. The van der Waals surface area contributed by atoms with Gasteiger partial charge >= 0.3 is 0 Å². The first-order chi connectivity index (χ1) is 28.5. The fourth-order valence-electron chi connectivity index (χ4n) is 9.92. The average molecular weight is 743 g/mol. The molecule has 0 aliphatic heterocycles. The molecule has 0 bridgehead atoms. The van der Waals surface area contributed by atoms with Gasteiger partial charge in [0.15, 0.2) is 0 Å². The Bertz CT molecular complexity index is 3270. The summed E-state index contributed by atoms with van der Waals surface area (Å²) in [5.41, 5.74) is 13.5. The molecule has 1 aliphatic rings. The van der Waals surface area contributed by atoms with E-state index in [1.165, 1.54) is 54.6 Å². The number of para-hydroxylation sites is 4. The molecule has 0 N–H and O–H groups in total. The molecule has 0 amide bonds. The molecule has 0 atom stereocenters. The van der Waals surface area contributed by atoms with Gasteiger partial charge < -0.3 is 14.2 Å². The maximum Gasteiger partial charge on any atom is 0.143 e. The summed E-state index contributed by atoms with van der Waals surface area (Å²) in [6, 6.07) is 70.2. The van der Waals surface area contributed by atoms with E-state index in [0.29, 0.717) is 0 Å². The van der Waals surface area contributed by atoms with Crippen LogP contribution in [0.4, 0.5) is 34.1 Å². The van der Waals surface area contributed by atoms with Crippen LogP contribution in [0.5, 0.6) is 0 Å². The lowest BCUT2D eigenvalue weighted by atomic mass is 9.67. The summed E-state index contributed by atoms with van der Waals surface area (Å²) in [7, 11) is 0. The van der Waals surface area contributed by atoms with E-state index in [0.717, 1.165) is 56.1 Å². The van der Waals surface area contributed by atoms with Crippen molar-refractivity contribution >= 4 is 88.4 Å². The molecule has 0 radical (unpaired) electrons. The van der Waals surface area contributed by atoms with Gasteiger partial charge in [0.05, 0.1) is 0 Å². The maximum absolute atomic E-state index is 7.08. The lowest BCUT2D eigenvalue weighted by Crippen LogP contribution is -2.24. The number of benzene rings is 10. The molecule has 0 saturated heterocycles. The van der Waals surface area contributed by atoms with Crippen LogP contribution in [0.1, 0.15) is 25.0 Å². The first-order valence-electron chi connectivity index (χ1n) is 20.1. The number of hydrogen-bond acceptors (Lipinski definition) is 3. The highest BCUT2D eigenvalue weighted by molar-refractivity contribution is 6.38. The van der Waals surface area contributed by atoms with E-state index >= 15 is 0 Å². The molecule has 10 aromatic carbocycles. The molecule has 0 spiro atoms. The van der Waals surface area contributed by atoms with Gasteiger partial charge in [-0.15, -0.1) is 0 Å². The predicted molar refractivity (Wildman–Crippen MR) is 244 cm³/mol. The Kier molecular flexibility index (Phi) is 6.98. The molecule has 0 unspecified atom stereocenters. The van der Waals surface area contributed by atoms with E-state index in [2.05, 4.69) is 218 Å². The summed E-state index contributed by atoms with van der Waals surface area (Å²) in [5, 5.41) is 9.88. The van der Waals surface area contributed by atoms with Gasteiger partial charge in [-0.25, -0.2) is 0 Å². The quantitative estimate of drug-likeness (QED) is 0.158. The van der Waals surface area contributed by atoms with E-state index < -0.39 is 0 Å². The minimum absolute atomic E-state index is 0.264. The number of anilines is 6. The second kappa shape index (κ2) is 12.3. The molecule has 3 heteroatoms. The van der Waals surface area contributed by atoms with Gasteiger partial charge in [0.25, 0.3) is 0 Å². The van der Waals surface area contributed by atoms with Crippen LogP contribution in [0.3, 0.4) is 0 Å². The smallest absolute Gasteiger partial charge is 0.143 e. The fourth-order valence-corrected chi connectivity index (χ4v) is 9.92. The van der Waals surface area contributed by atoms with Crippen LogP contribution in [-0.2, 0) is 5.41 Å². The normalized spacial score (nSPS) is 13.1. The zero-order chi connectivity index (χ0) is 38.5. The van der Waals surface area contributed by atoms with Crippen molar-refractivity contribution in [2.45, 2.75) is 19.3 Å². The Labute approximate surface area is 337 Å². The largest absolute Gasteiger partial charge is 0.455 e. The topological polar surface area (TPSA) is 19.6 Å². The summed E-state index contributed by atoms with van der Waals surface area (Å²) in [6.07, 6.45) is 0. The molecule has 58 heavy (non-hydrogen) atoms. The van der Waals surface area contributed by atoms with Gasteiger partial charge in [-0.1, -0.05) is 123 Å². The van der Waals surface area contributed by atoms with E-state index in [1.54, 1.807) is 0 Å². The van der Waals surface area contributed by atoms with Crippen LogP contribution in [0, 0.1) is 0 Å². The zero-order valence-corrected chi connectivity index (χ0v) is 32.3. The number of fused-ring (bicyclic) bond motifs is 7. The summed E-state index contributed by atoms with van der Waals surface area (Å²) in [5.74, 6) is 0. The van der Waals surface area contributed by atoms with Crippen LogP contribution in [0.15, 0.2) is 199 Å². The number of furan rings is 1. The maximum atomic E-state index is 7.08. The first kappa shape index (κ1) is 32.8. The third-order valence-corrected chi connectivity index (χ3v) is 12.5. The standard InChI is InChI=1S/C55H38N2O/c1-55(2)47-31-30-45-53-50-35(32-46(52(47)53)42-28-26-40(33-48(42)55)56(36-17-7-3-8-18-36)37-19-9-4-10-20-37)16-15-25-44(50)51-43-29-27-41(34-49(43)58-54(45)51)57(38-21-11-5-12-22-38)39-23-13-6-14-24-39/h3-34H,1-2H3. The zero-order valence-electron chi connectivity index (χ0n) is 32.3. The van der Waals surface area contributed by atoms with Gasteiger partial charge in [-0.3, -0.25) is 0 Å². The van der Waals surface area contributed by atoms with Crippen molar-refractivity contribution in [2.24, 2.45) is 0 Å². The Hall–Kier alpha value is -7.36. The number of nitrogens with zero attached hydrogens (tertiary/aromatic N) is 2. The molecule has 0 fully saturated rings. The SMILES string of the molecule is CC1(C)c2cc(N(c3ccccc3)c3ccccc3)ccc2-c2cc3cccc4c5c6ccc(N(c7ccccc7)c7ccccc7)cc6oc5c5ccc1c2c5c34. The fraction of sp³-hybridized carbons (Fsp3) is 0.0545. The van der Waals surface area contributed by atoms with Crippen molar-refractivity contribution < 1.29 is 4.42 Å². The molecule has 12 rings (SSSR count). The van der Waals surface area contributed by atoms with Crippen molar-refractivity contribution in [1.29, 1.82) is 0 Å². The van der Waals surface area contributed by atoms with Crippen LogP contribution >= 0.6 is 0 Å². The van der Waals surface area contributed by atoms with Crippen LogP contribution in [-0.4, -0.2) is 0 Å². The van der Waals surface area contributed by atoms with Crippen molar-refractivity contribution in [3.63, 3.8) is 0 Å². The summed E-state index contributed by atoms with van der Waals surface area (Å²) in [4.78, 5) is 4.66. The Morgan fingerprint density at radius 2 is 0.914 bits per heavy atom. The summed E-state index contributed by atoms with van der Waals surface area (Å²) in [6.45, 7) is 4.78. The Balaban J connectivity index is 1.09. The third kappa shape index (κ3) is 4.68. The molecular formula is C55H38N2O. The second-order valence-electron chi connectivity index (χ2n) is 16.1.